The van der Waals surface area contributed by atoms with Crippen molar-refractivity contribution in [1.29, 1.82) is 0 Å². The van der Waals surface area contributed by atoms with Crippen LogP contribution in [0.5, 0.6) is 0 Å². The van der Waals surface area contributed by atoms with Crippen molar-refractivity contribution in [1.82, 2.24) is 19.7 Å². The lowest BCUT2D eigenvalue weighted by Crippen LogP contribution is -2.54. The molecule has 3 aliphatic heterocycles. The number of aryl methyl sites for hydroxylation is 1. The number of hydrogen-bond acceptors (Lipinski definition) is 4. The van der Waals surface area contributed by atoms with Crippen molar-refractivity contribution >= 4 is 5.91 Å². The number of likely N-dealkylation sites (N-methyl/N-ethyl adjacent to an activating group) is 1. The van der Waals surface area contributed by atoms with E-state index >= 15 is 0 Å². The topological polar surface area (TPSA) is 39.7 Å². The summed E-state index contributed by atoms with van der Waals surface area (Å²) in [6, 6.07) is 4.83. The molecular formula is C22H34N4O. The number of rotatable bonds is 4. The molecule has 0 radical (unpaired) electrons. The monoisotopic (exact) mass is 370 g/mol. The third kappa shape index (κ3) is 4.19. The number of likely N-dealkylation sites (tertiary alicyclic amines) is 3. The molecule has 0 saturated carbocycles. The fourth-order valence-corrected chi connectivity index (χ4v) is 5.12. The van der Waals surface area contributed by atoms with Gasteiger partial charge in [0.15, 0.2) is 0 Å². The lowest BCUT2D eigenvalue weighted by molar-refractivity contribution is -0.142. The number of nitrogens with zero attached hydrogens (tertiary/aromatic N) is 4. The van der Waals surface area contributed by atoms with E-state index in [1.807, 2.05) is 6.20 Å². The maximum atomic E-state index is 12.6. The van der Waals surface area contributed by atoms with E-state index in [9.17, 15) is 4.79 Å². The molecule has 27 heavy (non-hydrogen) atoms. The molecule has 5 nitrogen and oxygen atoms in total. The van der Waals surface area contributed by atoms with Crippen LogP contribution in [-0.4, -0.2) is 71.4 Å². The number of carbonyl (C=O) groups is 1. The van der Waals surface area contributed by atoms with Gasteiger partial charge in [-0.2, -0.15) is 0 Å². The summed E-state index contributed by atoms with van der Waals surface area (Å²) in [4.78, 5) is 24.3. The van der Waals surface area contributed by atoms with Crippen LogP contribution in [0.1, 0.15) is 50.3 Å². The standard InChI is InChI=1S/C22H34N4O/c1-3-18-4-5-19(23-14-18)15-25-12-9-22(10-13-25)8-6-21(27)26(17-22)20-7-11-24(2)16-20/h4-5,14,20H,3,6-13,15-17H2,1-2H3/t20-/m1/s1. The molecule has 3 saturated heterocycles. The summed E-state index contributed by atoms with van der Waals surface area (Å²) in [5, 5.41) is 0. The first-order chi connectivity index (χ1) is 13.1. The van der Waals surface area contributed by atoms with Crippen LogP contribution in [0, 0.1) is 5.41 Å². The maximum absolute atomic E-state index is 12.6. The second kappa shape index (κ2) is 7.88. The first kappa shape index (κ1) is 18.9. The van der Waals surface area contributed by atoms with Gasteiger partial charge in [0, 0.05) is 38.3 Å². The largest absolute Gasteiger partial charge is 0.338 e. The van der Waals surface area contributed by atoms with Gasteiger partial charge in [-0.1, -0.05) is 13.0 Å². The van der Waals surface area contributed by atoms with Gasteiger partial charge in [0.05, 0.1) is 5.69 Å². The molecule has 0 aromatic carbocycles. The zero-order valence-electron chi connectivity index (χ0n) is 17.0. The summed E-state index contributed by atoms with van der Waals surface area (Å²) < 4.78 is 0. The molecule has 4 heterocycles. The zero-order chi connectivity index (χ0) is 18.9. The molecule has 3 fully saturated rings. The van der Waals surface area contributed by atoms with Crippen molar-refractivity contribution in [2.75, 3.05) is 39.8 Å². The van der Waals surface area contributed by atoms with E-state index in [2.05, 4.69) is 45.8 Å². The molecule has 4 rings (SSSR count). The van der Waals surface area contributed by atoms with E-state index in [-0.39, 0.29) is 0 Å². The first-order valence-electron chi connectivity index (χ1n) is 10.7. The number of piperidine rings is 2. The Bertz CT molecular complexity index is 651. The Balaban J connectivity index is 1.33. The van der Waals surface area contributed by atoms with Gasteiger partial charge in [-0.15, -0.1) is 0 Å². The minimum absolute atomic E-state index is 0.352. The van der Waals surface area contributed by atoms with Crippen LogP contribution in [0.25, 0.3) is 0 Å². The molecule has 0 unspecified atom stereocenters. The fraction of sp³-hybridized carbons (Fsp3) is 0.727. The highest BCUT2D eigenvalue weighted by molar-refractivity contribution is 5.77. The molecule has 0 N–H and O–H groups in total. The number of aromatic nitrogens is 1. The lowest BCUT2D eigenvalue weighted by Gasteiger charge is -2.49. The van der Waals surface area contributed by atoms with E-state index in [0.717, 1.165) is 65.0 Å². The molecule has 1 aromatic heterocycles. The van der Waals surface area contributed by atoms with Crippen LogP contribution in [-0.2, 0) is 17.8 Å². The molecule has 1 aromatic rings. The van der Waals surface area contributed by atoms with Gasteiger partial charge in [0.25, 0.3) is 0 Å². The Morgan fingerprint density at radius 3 is 2.63 bits per heavy atom. The number of hydrogen-bond donors (Lipinski definition) is 0. The molecule has 0 aliphatic carbocycles. The van der Waals surface area contributed by atoms with Crippen molar-refractivity contribution in [3.8, 4) is 0 Å². The molecule has 5 heteroatoms. The van der Waals surface area contributed by atoms with Crippen LogP contribution in [0.4, 0.5) is 0 Å². The second-order valence-electron chi connectivity index (χ2n) is 9.01. The van der Waals surface area contributed by atoms with Gasteiger partial charge in [0.2, 0.25) is 5.91 Å². The molecule has 3 aliphatic rings. The summed E-state index contributed by atoms with van der Waals surface area (Å²) in [6.45, 7) is 8.54. The van der Waals surface area contributed by atoms with Crippen LogP contribution < -0.4 is 0 Å². The molecular weight excluding hydrogens is 336 g/mol. The fourth-order valence-electron chi connectivity index (χ4n) is 5.12. The van der Waals surface area contributed by atoms with Crippen molar-refractivity contribution < 1.29 is 4.79 Å². The Hall–Kier alpha value is -1.46. The average molecular weight is 371 g/mol. The second-order valence-corrected chi connectivity index (χ2v) is 9.01. The number of amides is 1. The van der Waals surface area contributed by atoms with Gasteiger partial charge < -0.3 is 9.80 Å². The predicted molar refractivity (Wildman–Crippen MR) is 107 cm³/mol. The quantitative estimate of drug-likeness (QED) is 0.817. The Kier molecular flexibility index (Phi) is 5.51. The number of pyridine rings is 1. The van der Waals surface area contributed by atoms with Crippen LogP contribution in [0.3, 0.4) is 0 Å². The Morgan fingerprint density at radius 1 is 1.19 bits per heavy atom. The Morgan fingerprint density at radius 2 is 2.00 bits per heavy atom. The van der Waals surface area contributed by atoms with Crippen molar-refractivity contribution in [3.05, 3.63) is 29.6 Å². The average Bonchev–Trinajstić information content (AvgIpc) is 3.13. The van der Waals surface area contributed by atoms with Gasteiger partial charge in [0.1, 0.15) is 0 Å². The highest BCUT2D eigenvalue weighted by atomic mass is 16.2. The molecule has 1 amide bonds. The highest BCUT2D eigenvalue weighted by Crippen LogP contribution is 2.41. The summed E-state index contributed by atoms with van der Waals surface area (Å²) in [5.41, 5.74) is 2.84. The smallest absolute Gasteiger partial charge is 0.222 e. The van der Waals surface area contributed by atoms with Crippen molar-refractivity contribution in [3.63, 3.8) is 0 Å². The van der Waals surface area contributed by atoms with Crippen molar-refractivity contribution in [2.45, 2.75) is 58.0 Å². The first-order valence-corrected chi connectivity index (χ1v) is 10.7. The minimum atomic E-state index is 0.352. The van der Waals surface area contributed by atoms with Gasteiger partial charge in [-0.05, 0) is 75.8 Å². The molecule has 1 atom stereocenters. The zero-order valence-corrected chi connectivity index (χ0v) is 17.0. The third-order valence-corrected chi connectivity index (χ3v) is 7.10. The van der Waals surface area contributed by atoms with Crippen molar-refractivity contribution in [2.24, 2.45) is 5.41 Å². The summed E-state index contributed by atoms with van der Waals surface area (Å²) in [5.74, 6) is 0.392. The normalized spacial score (nSPS) is 26.8. The number of carbonyl (C=O) groups excluding carboxylic acids is 1. The summed E-state index contributed by atoms with van der Waals surface area (Å²) >= 11 is 0. The molecule has 148 valence electrons. The molecule has 1 spiro atoms. The van der Waals surface area contributed by atoms with Gasteiger partial charge in [-0.25, -0.2) is 0 Å². The SMILES string of the molecule is CCc1ccc(CN2CCC3(CCC(=O)N([C@@H]4CCN(C)C4)C3)CC2)nc1. The van der Waals surface area contributed by atoms with E-state index in [1.54, 1.807) is 0 Å². The van der Waals surface area contributed by atoms with Crippen LogP contribution in [0.2, 0.25) is 0 Å². The third-order valence-electron chi connectivity index (χ3n) is 7.10. The summed E-state index contributed by atoms with van der Waals surface area (Å²) in [6.07, 6.45) is 8.47. The van der Waals surface area contributed by atoms with Gasteiger partial charge in [-0.3, -0.25) is 14.7 Å². The van der Waals surface area contributed by atoms with Gasteiger partial charge >= 0.3 is 0 Å². The van der Waals surface area contributed by atoms with Crippen LogP contribution in [0.15, 0.2) is 18.3 Å². The summed E-state index contributed by atoms with van der Waals surface area (Å²) in [7, 11) is 2.17. The van der Waals surface area contributed by atoms with E-state index < -0.39 is 0 Å². The van der Waals surface area contributed by atoms with E-state index in [1.165, 1.54) is 24.1 Å². The predicted octanol–water partition coefficient (Wildman–Crippen LogP) is 2.55. The van der Waals surface area contributed by atoms with E-state index in [4.69, 9.17) is 0 Å². The maximum Gasteiger partial charge on any atom is 0.222 e. The molecule has 0 bridgehead atoms. The van der Waals surface area contributed by atoms with E-state index in [0.29, 0.717) is 17.4 Å². The minimum Gasteiger partial charge on any atom is -0.338 e. The van der Waals surface area contributed by atoms with Crippen LogP contribution >= 0.6 is 0 Å². The highest BCUT2D eigenvalue weighted by Gasteiger charge is 2.43. The Labute approximate surface area is 163 Å². The lowest BCUT2D eigenvalue weighted by atomic mass is 9.72.